The fourth-order valence-electron chi connectivity index (χ4n) is 5.68. The van der Waals surface area contributed by atoms with Crippen LogP contribution in [0.25, 0.3) is 10.9 Å². The number of methoxy groups -OCH3 is 1. The van der Waals surface area contributed by atoms with E-state index in [0.29, 0.717) is 41.6 Å². The Hall–Kier alpha value is -3.59. The van der Waals surface area contributed by atoms with Crippen molar-refractivity contribution in [2.45, 2.75) is 65.6 Å². The summed E-state index contributed by atoms with van der Waals surface area (Å²) in [7, 11) is 1.50. The molecule has 2 aromatic heterocycles. The van der Waals surface area contributed by atoms with E-state index >= 15 is 0 Å². The normalized spacial score (nSPS) is 15.5. The van der Waals surface area contributed by atoms with Crippen molar-refractivity contribution in [1.82, 2.24) is 19.8 Å². The Morgan fingerprint density at radius 1 is 1.21 bits per heavy atom. The maximum absolute atomic E-state index is 13.5. The minimum atomic E-state index is -1.37. The van der Waals surface area contributed by atoms with Gasteiger partial charge in [-0.15, -0.1) is 0 Å². The van der Waals surface area contributed by atoms with Gasteiger partial charge in [-0.25, -0.2) is 0 Å². The molecule has 9 heteroatoms. The Labute approximate surface area is 222 Å². The summed E-state index contributed by atoms with van der Waals surface area (Å²) in [6, 6.07) is 9.69. The van der Waals surface area contributed by atoms with Crippen LogP contribution in [0.4, 0.5) is 0 Å². The second kappa shape index (κ2) is 10.6. The van der Waals surface area contributed by atoms with E-state index in [0.717, 1.165) is 29.4 Å². The fourth-order valence-corrected chi connectivity index (χ4v) is 5.68. The maximum atomic E-state index is 13.5. The quantitative estimate of drug-likeness (QED) is 0.440. The van der Waals surface area contributed by atoms with Crippen LogP contribution in [-0.2, 0) is 11.3 Å². The van der Waals surface area contributed by atoms with Crippen LogP contribution in [0.5, 0.6) is 5.75 Å². The number of benzene rings is 1. The summed E-state index contributed by atoms with van der Waals surface area (Å²) in [4.78, 5) is 43.0. The second-order valence-corrected chi connectivity index (χ2v) is 10.8. The lowest BCUT2D eigenvalue weighted by Gasteiger charge is -2.38. The number of aromatic amines is 1. The molecule has 0 aliphatic carbocycles. The first-order valence-electron chi connectivity index (χ1n) is 13.1. The zero-order valence-electron chi connectivity index (χ0n) is 23.1. The van der Waals surface area contributed by atoms with Crippen molar-refractivity contribution in [3.05, 3.63) is 63.2 Å². The third-order valence-electron chi connectivity index (χ3n) is 7.70. The van der Waals surface area contributed by atoms with Gasteiger partial charge < -0.3 is 29.6 Å². The molecule has 1 atom stereocenters. The summed E-state index contributed by atoms with van der Waals surface area (Å²) in [5.41, 5.74) is 1.81. The molecule has 38 heavy (non-hydrogen) atoms. The van der Waals surface area contributed by atoms with E-state index in [2.05, 4.69) is 21.8 Å². The molecule has 0 saturated carbocycles. The lowest BCUT2D eigenvalue weighted by Crippen LogP contribution is -2.49. The number of amides is 2. The first kappa shape index (κ1) is 27.4. The molecule has 1 aromatic carbocycles. The highest BCUT2D eigenvalue weighted by Gasteiger charge is 2.34. The number of nitrogens with one attached hydrogen (secondary N) is 2. The van der Waals surface area contributed by atoms with Crippen LogP contribution in [0.3, 0.4) is 0 Å². The molecule has 4 rings (SSSR count). The average Bonchev–Trinajstić information content (AvgIpc) is 3.17. The van der Waals surface area contributed by atoms with Crippen molar-refractivity contribution in [2.75, 3.05) is 20.2 Å². The standard InChI is InChI=1S/C29H38N4O5/c1-17-15-24(38-6)22(26(34)31-17)16-30-27(35)25-19(3)33(23-10-8-7-9-21(23)25)18(2)20-11-13-32(14-12-20)28(36)29(4,5)37/h7-10,15,18,20,37H,11-14,16H2,1-6H3,(H,30,35)(H,31,34)/t18-/m1/s1. The van der Waals surface area contributed by atoms with Gasteiger partial charge in [-0.05, 0) is 65.5 Å². The number of aryl methyl sites for hydroxylation is 1. The van der Waals surface area contributed by atoms with Crippen LogP contribution in [0, 0.1) is 19.8 Å². The van der Waals surface area contributed by atoms with Gasteiger partial charge in [0, 0.05) is 41.4 Å². The second-order valence-electron chi connectivity index (χ2n) is 10.8. The van der Waals surface area contributed by atoms with E-state index in [1.165, 1.54) is 21.0 Å². The number of hydrogen-bond donors (Lipinski definition) is 3. The van der Waals surface area contributed by atoms with Crippen LogP contribution in [0.15, 0.2) is 35.1 Å². The number of likely N-dealkylation sites (tertiary alicyclic amines) is 1. The van der Waals surface area contributed by atoms with Gasteiger partial charge in [-0.2, -0.15) is 0 Å². The Bertz CT molecular complexity index is 1410. The summed E-state index contributed by atoms with van der Waals surface area (Å²) in [5.74, 6) is 0.252. The molecule has 1 fully saturated rings. The highest BCUT2D eigenvalue weighted by atomic mass is 16.5. The molecule has 3 heterocycles. The maximum Gasteiger partial charge on any atom is 0.256 e. The minimum absolute atomic E-state index is 0.0415. The molecule has 0 unspecified atom stereocenters. The monoisotopic (exact) mass is 522 g/mol. The largest absolute Gasteiger partial charge is 0.496 e. The van der Waals surface area contributed by atoms with E-state index in [9.17, 15) is 19.5 Å². The molecular weight excluding hydrogens is 484 g/mol. The molecule has 9 nitrogen and oxygen atoms in total. The van der Waals surface area contributed by atoms with Crippen molar-refractivity contribution < 1.29 is 19.4 Å². The summed E-state index contributed by atoms with van der Waals surface area (Å²) >= 11 is 0. The number of para-hydroxylation sites is 1. The van der Waals surface area contributed by atoms with Crippen molar-refractivity contribution in [3.8, 4) is 5.75 Å². The van der Waals surface area contributed by atoms with Gasteiger partial charge in [0.05, 0.1) is 24.8 Å². The van der Waals surface area contributed by atoms with E-state index < -0.39 is 5.60 Å². The highest BCUT2D eigenvalue weighted by Crippen LogP contribution is 2.36. The van der Waals surface area contributed by atoms with E-state index in [4.69, 9.17) is 4.74 Å². The fraction of sp³-hybridized carbons (Fsp3) is 0.483. The van der Waals surface area contributed by atoms with Gasteiger partial charge in [-0.1, -0.05) is 18.2 Å². The minimum Gasteiger partial charge on any atom is -0.496 e. The molecule has 1 aliphatic rings. The number of carbonyl (C=O) groups is 2. The Kier molecular flexibility index (Phi) is 7.69. The third-order valence-corrected chi connectivity index (χ3v) is 7.70. The molecule has 3 aromatic rings. The summed E-state index contributed by atoms with van der Waals surface area (Å²) in [6.07, 6.45) is 1.62. The van der Waals surface area contributed by atoms with Gasteiger partial charge in [0.25, 0.3) is 17.4 Å². The smallest absolute Gasteiger partial charge is 0.256 e. The van der Waals surface area contributed by atoms with Crippen LogP contribution in [-0.4, -0.2) is 57.2 Å². The Balaban J connectivity index is 1.58. The number of nitrogens with zero attached hydrogens (tertiary/aromatic N) is 2. The molecule has 0 bridgehead atoms. The zero-order chi connectivity index (χ0) is 27.8. The Morgan fingerprint density at radius 3 is 2.50 bits per heavy atom. The predicted molar refractivity (Wildman–Crippen MR) is 147 cm³/mol. The van der Waals surface area contributed by atoms with Crippen LogP contribution in [0.2, 0.25) is 0 Å². The molecule has 0 radical (unpaired) electrons. The summed E-state index contributed by atoms with van der Waals surface area (Å²) < 4.78 is 7.59. The summed E-state index contributed by atoms with van der Waals surface area (Å²) in [6.45, 7) is 10.2. The molecule has 204 valence electrons. The van der Waals surface area contributed by atoms with E-state index in [1.54, 1.807) is 17.9 Å². The van der Waals surface area contributed by atoms with Crippen LogP contribution < -0.4 is 15.6 Å². The number of ether oxygens (including phenoxy) is 1. The number of carbonyl (C=O) groups excluding carboxylic acids is 2. The number of aliphatic hydroxyl groups is 1. The number of H-pyrrole nitrogens is 1. The van der Waals surface area contributed by atoms with Gasteiger partial charge in [0.15, 0.2) is 0 Å². The molecule has 2 amide bonds. The van der Waals surface area contributed by atoms with Crippen molar-refractivity contribution in [2.24, 2.45) is 5.92 Å². The Morgan fingerprint density at radius 2 is 1.87 bits per heavy atom. The van der Waals surface area contributed by atoms with Gasteiger partial charge in [-0.3, -0.25) is 14.4 Å². The lowest BCUT2D eigenvalue weighted by atomic mass is 9.89. The summed E-state index contributed by atoms with van der Waals surface area (Å²) in [5, 5.41) is 13.9. The molecular formula is C29H38N4O5. The van der Waals surface area contributed by atoms with E-state index in [1.807, 2.05) is 31.2 Å². The van der Waals surface area contributed by atoms with Gasteiger partial charge in [0.1, 0.15) is 11.4 Å². The SMILES string of the molecule is COc1cc(C)[nH]c(=O)c1CNC(=O)c1c(C)n([C@H](C)C2CCN(C(=O)C(C)(C)O)CC2)c2ccccc12. The number of rotatable bonds is 7. The highest BCUT2D eigenvalue weighted by molar-refractivity contribution is 6.08. The number of piperidine rings is 1. The predicted octanol–water partition coefficient (Wildman–Crippen LogP) is 3.46. The van der Waals surface area contributed by atoms with Crippen LogP contribution >= 0.6 is 0 Å². The number of aromatic nitrogens is 2. The molecule has 0 spiro atoms. The van der Waals surface area contributed by atoms with Gasteiger partial charge in [0.2, 0.25) is 0 Å². The third kappa shape index (κ3) is 5.20. The topological polar surface area (TPSA) is 117 Å². The van der Waals surface area contributed by atoms with Crippen LogP contribution in [0.1, 0.15) is 67.0 Å². The molecule has 1 aliphatic heterocycles. The number of hydrogen-bond acceptors (Lipinski definition) is 5. The van der Waals surface area contributed by atoms with E-state index in [-0.39, 0.29) is 30.0 Å². The average molecular weight is 523 g/mol. The lowest BCUT2D eigenvalue weighted by molar-refractivity contribution is -0.149. The van der Waals surface area contributed by atoms with Crippen molar-refractivity contribution in [1.29, 1.82) is 0 Å². The first-order chi connectivity index (χ1) is 17.9. The molecule has 1 saturated heterocycles. The zero-order valence-corrected chi connectivity index (χ0v) is 23.1. The number of fused-ring (bicyclic) bond motifs is 1. The van der Waals surface area contributed by atoms with Crippen molar-refractivity contribution >= 4 is 22.7 Å². The first-order valence-corrected chi connectivity index (χ1v) is 13.1. The van der Waals surface area contributed by atoms with Crippen molar-refractivity contribution in [3.63, 3.8) is 0 Å². The number of pyridine rings is 1. The molecule has 3 N–H and O–H groups in total. The van der Waals surface area contributed by atoms with Gasteiger partial charge >= 0.3 is 0 Å².